The molecule has 0 heterocycles. The zero-order chi connectivity index (χ0) is 9.47. The molecule has 1 aliphatic carbocycles. The number of hydrogen-bond donors (Lipinski definition) is 2. The van der Waals surface area contributed by atoms with Gasteiger partial charge in [0.2, 0.25) is 0 Å². The van der Waals surface area contributed by atoms with Gasteiger partial charge in [0.1, 0.15) is 5.75 Å². The van der Waals surface area contributed by atoms with Gasteiger partial charge in [0.05, 0.1) is 5.60 Å². The number of phenolic OH excluding ortho intramolecular Hbond substituents is 1. The molecule has 1 aromatic carbocycles. The molecule has 0 radical (unpaired) electrons. The lowest BCUT2D eigenvalue weighted by molar-refractivity contribution is 0.150. The molecule has 1 aromatic rings. The van der Waals surface area contributed by atoms with Crippen LogP contribution >= 0.6 is 0 Å². The second-order valence-electron chi connectivity index (χ2n) is 4.01. The third-order valence-electron chi connectivity index (χ3n) is 2.67. The SMILES string of the molecule is Cc1cc(O)ccc1CC1(O)CC1. The van der Waals surface area contributed by atoms with Gasteiger partial charge < -0.3 is 10.2 Å². The molecule has 0 aromatic heterocycles. The Morgan fingerprint density at radius 2 is 2.08 bits per heavy atom. The van der Waals surface area contributed by atoms with E-state index in [1.807, 2.05) is 13.0 Å². The van der Waals surface area contributed by atoms with Crippen molar-refractivity contribution in [2.75, 3.05) is 0 Å². The van der Waals surface area contributed by atoms with Gasteiger partial charge in [-0.3, -0.25) is 0 Å². The fraction of sp³-hybridized carbons (Fsp3) is 0.455. The van der Waals surface area contributed by atoms with Crippen LogP contribution in [0, 0.1) is 6.92 Å². The smallest absolute Gasteiger partial charge is 0.115 e. The molecule has 0 amide bonds. The van der Waals surface area contributed by atoms with Crippen LogP contribution < -0.4 is 0 Å². The Labute approximate surface area is 77.8 Å². The number of aliphatic hydroxyl groups is 1. The molecule has 0 spiro atoms. The van der Waals surface area contributed by atoms with E-state index in [0.717, 1.165) is 30.4 Å². The van der Waals surface area contributed by atoms with Gasteiger partial charge >= 0.3 is 0 Å². The minimum Gasteiger partial charge on any atom is -0.508 e. The van der Waals surface area contributed by atoms with Gasteiger partial charge in [0.15, 0.2) is 0 Å². The lowest BCUT2D eigenvalue weighted by Crippen LogP contribution is -2.11. The fourth-order valence-corrected chi connectivity index (χ4v) is 1.55. The van der Waals surface area contributed by atoms with Crippen molar-refractivity contribution in [3.8, 4) is 5.75 Å². The summed E-state index contributed by atoms with van der Waals surface area (Å²) in [6, 6.07) is 5.30. The average molecular weight is 178 g/mol. The van der Waals surface area contributed by atoms with Gasteiger partial charge in [-0.05, 0) is 43.0 Å². The first-order valence-corrected chi connectivity index (χ1v) is 4.60. The Balaban J connectivity index is 2.20. The summed E-state index contributed by atoms with van der Waals surface area (Å²) >= 11 is 0. The maximum Gasteiger partial charge on any atom is 0.115 e. The highest BCUT2D eigenvalue weighted by Gasteiger charge is 2.40. The third kappa shape index (κ3) is 1.83. The van der Waals surface area contributed by atoms with E-state index in [2.05, 4.69) is 0 Å². The first-order chi connectivity index (χ1) is 6.09. The highest BCUT2D eigenvalue weighted by molar-refractivity contribution is 5.35. The van der Waals surface area contributed by atoms with Crippen LogP contribution in [0.5, 0.6) is 5.75 Å². The van der Waals surface area contributed by atoms with Crippen molar-refractivity contribution < 1.29 is 10.2 Å². The number of hydrogen-bond acceptors (Lipinski definition) is 2. The molecule has 0 unspecified atom stereocenters. The van der Waals surface area contributed by atoms with Gasteiger partial charge in [-0.15, -0.1) is 0 Å². The Bertz CT molecular complexity index is 327. The van der Waals surface area contributed by atoms with Crippen LogP contribution in [-0.4, -0.2) is 15.8 Å². The van der Waals surface area contributed by atoms with E-state index < -0.39 is 5.60 Å². The van der Waals surface area contributed by atoms with Crippen LogP contribution in [0.1, 0.15) is 24.0 Å². The summed E-state index contributed by atoms with van der Waals surface area (Å²) in [6.45, 7) is 1.96. The van der Waals surface area contributed by atoms with Crippen molar-refractivity contribution in [3.05, 3.63) is 29.3 Å². The monoisotopic (exact) mass is 178 g/mol. The fourth-order valence-electron chi connectivity index (χ4n) is 1.55. The zero-order valence-electron chi connectivity index (χ0n) is 7.75. The second-order valence-corrected chi connectivity index (χ2v) is 4.01. The minimum atomic E-state index is -0.443. The molecule has 2 N–H and O–H groups in total. The molecule has 1 fully saturated rings. The molecular weight excluding hydrogens is 164 g/mol. The van der Waals surface area contributed by atoms with Gasteiger partial charge in [-0.2, -0.15) is 0 Å². The zero-order valence-corrected chi connectivity index (χ0v) is 7.75. The van der Waals surface area contributed by atoms with Gasteiger partial charge in [-0.1, -0.05) is 6.07 Å². The molecule has 70 valence electrons. The summed E-state index contributed by atoms with van der Waals surface area (Å²) in [5.74, 6) is 0.295. The van der Waals surface area contributed by atoms with E-state index in [1.54, 1.807) is 12.1 Å². The first kappa shape index (κ1) is 8.57. The van der Waals surface area contributed by atoms with E-state index in [-0.39, 0.29) is 0 Å². The van der Waals surface area contributed by atoms with E-state index >= 15 is 0 Å². The predicted molar refractivity (Wildman–Crippen MR) is 50.7 cm³/mol. The molecule has 1 saturated carbocycles. The van der Waals surface area contributed by atoms with Crippen molar-refractivity contribution in [3.63, 3.8) is 0 Å². The molecule has 0 atom stereocenters. The molecule has 0 bridgehead atoms. The van der Waals surface area contributed by atoms with Gasteiger partial charge in [-0.25, -0.2) is 0 Å². The molecule has 0 aliphatic heterocycles. The lowest BCUT2D eigenvalue weighted by Gasteiger charge is -2.10. The Morgan fingerprint density at radius 3 is 2.62 bits per heavy atom. The maximum absolute atomic E-state index is 9.71. The summed E-state index contributed by atoms with van der Waals surface area (Å²) in [4.78, 5) is 0. The van der Waals surface area contributed by atoms with E-state index in [1.165, 1.54) is 0 Å². The quantitative estimate of drug-likeness (QED) is 0.724. The van der Waals surface area contributed by atoms with Crippen LogP contribution in [0.15, 0.2) is 18.2 Å². The standard InChI is InChI=1S/C11H14O2/c1-8-6-10(12)3-2-9(8)7-11(13)4-5-11/h2-3,6,12-13H,4-5,7H2,1H3. The lowest BCUT2D eigenvalue weighted by atomic mass is 10.0. The number of aryl methyl sites for hydroxylation is 1. The van der Waals surface area contributed by atoms with Crippen molar-refractivity contribution in [2.45, 2.75) is 31.8 Å². The van der Waals surface area contributed by atoms with Crippen molar-refractivity contribution in [1.29, 1.82) is 0 Å². The third-order valence-corrected chi connectivity index (χ3v) is 2.67. The first-order valence-electron chi connectivity index (χ1n) is 4.60. The molecule has 1 aliphatic rings. The highest BCUT2D eigenvalue weighted by atomic mass is 16.3. The van der Waals surface area contributed by atoms with Gasteiger partial charge in [0, 0.05) is 6.42 Å². The van der Waals surface area contributed by atoms with Crippen LogP contribution in [0.25, 0.3) is 0 Å². The van der Waals surface area contributed by atoms with Crippen molar-refractivity contribution in [1.82, 2.24) is 0 Å². The van der Waals surface area contributed by atoms with Crippen LogP contribution in [0.2, 0.25) is 0 Å². The number of aromatic hydroxyl groups is 1. The highest BCUT2D eigenvalue weighted by Crippen LogP contribution is 2.39. The molecule has 2 heteroatoms. The predicted octanol–water partition coefficient (Wildman–Crippen LogP) is 1.77. The van der Waals surface area contributed by atoms with Crippen molar-refractivity contribution >= 4 is 0 Å². The topological polar surface area (TPSA) is 40.5 Å². The van der Waals surface area contributed by atoms with Crippen LogP contribution in [0.3, 0.4) is 0 Å². The maximum atomic E-state index is 9.71. The summed E-state index contributed by atoms with van der Waals surface area (Å²) in [5.41, 5.74) is 1.75. The number of rotatable bonds is 2. The Kier molecular flexibility index (Phi) is 1.81. The second kappa shape index (κ2) is 2.74. The normalized spacial score (nSPS) is 18.6. The Morgan fingerprint density at radius 1 is 1.38 bits per heavy atom. The summed E-state index contributed by atoms with van der Waals surface area (Å²) < 4.78 is 0. The largest absolute Gasteiger partial charge is 0.508 e. The van der Waals surface area contributed by atoms with Crippen molar-refractivity contribution in [2.24, 2.45) is 0 Å². The summed E-state index contributed by atoms with van der Waals surface area (Å²) in [6.07, 6.45) is 2.54. The Hall–Kier alpha value is -1.02. The number of benzene rings is 1. The summed E-state index contributed by atoms with van der Waals surface area (Å²) in [5, 5.41) is 18.9. The van der Waals surface area contributed by atoms with E-state index in [0.29, 0.717) is 5.75 Å². The van der Waals surface area contributed by atoms with Crippen LogP contribution in [0.4, 0.5) is 0 Å². The molecule has 13 heavy (non-hydrogen) atoms. The molecule has 0 saturated heterocycles. The minimum absolute atomic E-state index is 0.295. The molecule has 2 nitrogen and oxygen atoms in total. The average Bonchev–Trinajstić information content (AvgIpc) is 2.75. The summed E-state index contributed by atoms with van der Waals surface area (Å²) in [7, 11) is 0. The molecule has 2 rings (SSSR count). The van der Waals surface area contributed by atoms with E-state index in [4.69, 9.17) is 0 Å². The molecular formula is C11H14O2. The number of phenols is 1. The van der Waals surface area contributed by atoms with E-state index in [9.17, 15) is 10.2 Å². The van der Waals surface area contributed by atoms with Crippen LogP contribution in [-0.2, 0) is 6.42 Å². The van der Waals surface area contributed by atoms with Gasteiger partial charge in [0.25, 0.3) is 0 Å².